The van der Waals surface area contributed by atoms with Gasteiger partial charge in [0.05, 0.1) is 24.3 Å². The third-order valence-electron chi connectivity index (χ3n) is 6.46. The highest BCUT2D eigenvalue weighted by Gasteiger charge is 2.32. The number of aryl methyl sites for hydroxylation is 1. The first-order valence-electron chi connectivity index (χ1n) is 12.8. The van der Waals surface area contributed by atoms with Gasteiger partial charge < -0.3 is 14.6 Å². The van der Waals surface area contributed by atoms with E-state index in [-0.39, 0.29) is 0 Å². The predicted molar refractivity (Wildman–Crippen MR) is 147 cm³/mol. The largest absolute Gasteiger partial charge is 0.573 e. The third kappa shape index (κ3) is 8.18. The van der Waals surface area contributed by atoms with E-state index in [0.29, 0.717) is 39.6 Å². The number of benzene rings is 4. The van der Waals surface area contributed by atoms with E-state index < -0.39 is 42.5 Å². The molecule has 0 saturated carbocycles. The Morgan fingerprint density at radius 2 is 1.38 bits per heavy atom. The van der Waals surface area contributed by atoms with Crippen molar-refractivity contribution in [2.24, 2.45) is 0 Å². The smallest absolute Gasteiger partial charge is 0.457 e. The lowest BCUT2D eigenvalue weighted by molar-refractivity contribution is -0.274. The van der Waals surface area contributed by atoms with Gasteiger partial charge >= 0.3 is 12.5 Å². The number of alkyl halides is 6. The summed E-state index contributed by atoms with van der Waals surface area (Å²) in [5.41, 5.74) is 1.57. The van der Waals surface area contributed by atoms with E-state index in [1.807, 2.05) is 13.0 Å². The fourth-order valence-electron chi connectivity index (χ4n) is 4.39. The zero-order valence-electron chi connectivity index (χ0n) is 22.1. The third-order valence-corrected chi connectivity index (χ3v) is 6.83. The minimum atomic E-state index is -4.87. The summed E-state index contributed by atoms with van der Waals surface area (Å²) in [5, 5.41) is 14.0. The molecule has 4 nitrogen and oxygen atoms in total. The van der Waals surface area contributed by atoms with Crippen molar-refractivity contribution in [1.82, 2.24) is 5.32 Å². The van der Waals surface area contributed by atoms with Gasteiger partial charge in [0.2, 0.25) is 0 Å². The zero-order chi connectivity index (χ0) is 30.5. The molecule has 2 N–H and O–H groups in total. The second kappa shape index (κ2) is 13.1. The Kier molecular flexibility index (Phi) is 9.71. The zero-order valence-corrected chi connectivity index (χ0v) is 22.9. The molecule has 0 heterocycles. The molecule has 0 spiro atoms. The Hall–Kier alpha value is -3.73. The molecule has 0 aliphatic carbocycles. The monoisotopic (exact) mass is 609 g/mol. The van der Waals surface area contributed by atoms with Gasteiger partial charge in [-0.15, -0.1) is 13.2 Å². The number of aliphatic hydroxyl groups excluding tert-OH is 1. The Morgan fingerprint density at radius 3 is 1.98 bits per heavy atom. The molecule has 0 fully saturated rings. The van der Waals surface area contributed by atoms with Crippen LogP contribution in [-0.2, 0) is 12.6 Å². The molecule has 42 heavy (non-hydrogen) atoms. The van der Waals surface area contributed by atoms with Crippen LogP contribution in [0, 0.1) is 0 Å². The van der Waals surface area contributed by atoms with Crippen LogP contribution in [0.3, 0.4) is 0 Å². The van der Waals surface area contributed by atoms with Gasteiger partial charge in [0.1, 0.15) is 17.2 Å². The molecule has 2 atom stereocenters. The van der Waals surface area contributed by atoms with Crippen molar-refractivity contribution in [3.63, 3.8) is 0 Å². The van der Waals surface area contributed by atoms with E-state index in [4.69, 9.17) is 16.3 Å². The molecule has 0 saturated heterocycles. The van der Waals surface area contributed by atoms with E-state index in [1.165, 1.54) is 24.3 Å². The van der Waals surface area contributed by atoms with Crippen molar-refractivity contribution >= 4 is 11.6 Å². The molecule has 4 rings (SSSR count). The maximum absolute atomic E-state index is 13.1. The van der Waals surface area contributed by atoms with Crippen LogP contribution in [0.15, 0.2) is 91.0 Å². The normalized spacial score (nSPS) is 13.5. The van der Waals surface area contributed by atoms with Gasteiger partial charge in [-0.05, 0) is 83.3 Å². The van der Waals surface area contributed by atoms with Crippen LogP contribution in [0.5, 0.6) is 17.2 Å². The highest BCUT2D eigenvalue weighted by atomic mass is 35.5. The first kappa shape index (κ1) is 31.2. The lowest BCUT2D eigenvalue weighted by Crippen LogP contribution is -2.30. The number of hydrogen-bond acceptors (Lipinski definition) is 4. The molecule has 0 aliphatic rings. The van der Waals surface area contributed by atoms with Gasteiger partial charge in [-0.3, -0.25) is 5.32 Å². The Balaban J connectivity index is 1.68. The molecule has 0 aromatic heterocycles. The van der Waals surface area contributed by atoms with Crippen LogP contribution in [0.1, 0.15) is 46.8 Å². The number of nitrogens with one attached hydrogen (secondary N) is 1. The van der Waals surface area contributed by atoms with Crippen molar-refractivity contribution in [3.8, 4) is 17.2 Å². The SMILES string of the molecule is CCc1cc(Oc2cccc(C(NC(CO)c3ccc(C(F)(F)F)cc3)c3ccc(OC(F)(F)F)cc3)c2)ccc1Cl. The molecular weight excluding hydrogens is 584 g/mol. The molecule has 4 aromatic rings. The summed E-state index contributed by atoms with van der Waals surface area (Å²) in [5.74, 6) is 0.582. The summed E-state index contributed by atoms with van der Waals surface area (Å²) in [7, 11) is 0. The van der Waals surface area contributed by atoms with Crippen molar-refractivity contribution in [3.05, 3.63) is 124 Å². The van der Waals surface area contributed by atoms with E-state index in [0.717, 1.165) is 29.8 Å². The van der Waals surface area contributed by atoms with E-state index in [2.05, 4.69) is 10.1 Å². The highest BCUT2D eigenvalue weighted by molar-refractivity contribution is 6.31. The van der Waals surface area contributed by atoms with Gasteiger partial charge in [-0.25, -0.2) is 0 Å². The lowest BCUT2D eigenvalue weighted by atomic mass is 9.95. The predicted octanol–water partition coefficient (Wildman–Crippen LogP) is 9.02. The van der Waals surface area contributed by atoms with E-state index in [9.17, 15) is 31.4 Å². The fraction of sp³-hybridized carbons (Fsp3) is 0.226. The van der Waals surface area contributed by atoms with Gasteiger partial charge in [0, 0.05) is 5.02 Å². The van der Waals surface area contributed by atoms with Gasteiger partial charge in [0.25, 0.3) is 0 Å². The summed E-state index contributed by atoms with van der Waals surface area (Å²) in [6, 6.07) is 20.2. The average molecular weight is 610 g/mol. The fourth-order valence-corrected chi connectivity index (χ4v) is 4.64. The van der Waals surface area contributed by atoms with Crippen molar-refractivity contribution in [2.45, 2.75) is 38.0 Å². The Labute approximate surface area is 243 Å². The summed E-state index contributed by atoms with van der Waals surface area (Å²) in [6.07, 6.45) is -8.69. The van der Waals surface area contributed by atoms with Crippen molar-refractivity contribution in [2.75, 3.05) is 6.61 Å². The number of rotatable bonds is 10. The van der Waals surface area contributed by atoms with E-state index in [1.54, 1.807) is 36.4 Å². The molecule has 0 aliphatic heterocycles. The molecule has 11 heteroatoms. The molecule has 222 valence electrons. The van der Waals surface area contributed by atoms with Crippen LogP contribution in [0.4, 0.5) is 26.3 Å². The van der Waals surface area contributed by atoms with Gasteiger partial charge in [-0.1, -0.05) is 54.9 Å². The average Bonchev–Trinajstić information content (AvgIpc) is 2.94. The van der Waals surface area contributed by atoms with Crippen LogP contribution < -0.4 is 14.8 Å². The van der Waals surface area contributed by atoms with Crippen molar-refractivity contribution in [1.29, 1.82) is 0 Å². The molecular formula is C31H26ClF6NO3. The van der Waals surface area contributed by atoms with Crippen molar-refractivity contribution < 1.29 is 40.9 Å². The van der Waals surface area contributed by atoms with Crippen LogP contribution in [0.25, 0.3) is 0 Å². The summed E-state index contributed by atoms with van der Waals surface area (Å²) in [6.45, 7) is 1.49. The quantitative estimate of drug-likeness (QED) is 0.176. The van der Waals surface area contributed by atoms with Gasteiger partial charge in [-0.2, -0.15) is 13.2 Å². The number of halogens is 7. The van der Waals surface area contributed by atoms with Crippen LogP contribution in [0.2, 0.25) is 5.02 Å². The molecule has 0 bridgehead atoms. The highest BCUT2D eigenvalue weighted by Crippen LogP contribution is 2.34. The topological polar surface area (TPSA) is 50.7 Å². The maximum atomic E-state index is 13.1. The summed E-state index contributed by atoms with van der Waals surface area (Å²) >= 11 is 6.21. The van der Waals surface area contributed by atoms with Crippen LogP contribution in [-0.4, -0.2) is 18.1 Å². The van der Waals surface area contributed by atoms with E-state index >= 15 is 0 Å². The maximum Gasteiger partial charge on any atom is 0.573 e. The molecule has 4 aromatic carbocycles. The molecule has 0 radical (unpaired) electrons. The molecule has 2 unspecified atom stereocenters. The minimum Gasteiger partial charge on any atom is -0.457 e. The second-order valence-corrected chi connectivity index (χ2v) is 9.76. The summed E-state index contributed by atoms with van der Waals surface area (Å²) in [4.78, 5) is 0. The Morgan fingerprint density at radius 1 is 0.762 bits per heavy atom. The first-order valence-corrected chi connectivity index (χ1v) is 13.2. The first-order chi connectivity index (χ1) is 19.9. The lowest BCUT2D eigenvalue weighted by Gasteiger charge is -2.27. The van der Waals surface area contributed by atoms with Crippen LogP contribution >= 0.6 is 11.6 Å². The minimum absolute atomic E-state index is 0.383. The number of ether oxygens (including phenoxy) is 2. The molecule has 0 amide bonds. The second-order valence-electron chi connectivity index (χ2n) is 9.35. The van der Waals surface area contributed by atoms with Gasteiger partial charge in [0.15, 0.2) is 0 Å². The number of hydrogen-bond donors (Lipinski definition) is 2. The number of aliphatic hydroxyl groups is 1. The Bertz CT molecular complexity index is 1470. The summed E-state index contributed by atoms with van der Waals surface area (Å²) < 4.78 is 87.4. The standard InChI is InChI=1S/C31H26ClF6NO3/c1-2-19-16-26(14-15-27(19)32)41-25-5-3-4-22(17-25)29(21-8-12-24(13-9-21)42-31(36,37)38)39-28(18-40)20-6-10-23(11-7-20)30(33,34)35/h3-17,28-29,39-40H,2,18H2,1H3.